The van der Waals surface area contributed by atoms with Crippen LogP contribution in [0.5, 0.6) is 5.75 Å². The van der Waals surface area contributed by atoms with Crippen molar-refractivity contribution in [1.29, 1.82) is 0 Å². The van der Waals surface area contributed by atoms with E-state index in [0.717, 1.165) is 49.8 Å². The number of sulfonamides is 1. The highest BCUT2D eigenvalue weighted by atomic mass is 32.2. The van der Waals surface area contributed by atoms with E-state index in [1.165, 1.54) is 29.6 Å². The lowest BCUT2D eigenvalue weighted by Gasteiger charge is -2.29. The largest absolute Gasteiger partial charge is 0.496 e. The number of fused-ring (bicyclic) bond motifs is 1. The zero-order chi connectivity index (χ0) is 24.1. The molecule has 2 aliphatic rings. The molecule has 2 aromatic carbocycles. The van der Waals surface area contributed by atoms with Crippen molar-refractivity contribution in [3.8, 4) is 5.75 Å². The summed E-state index contributed by atoms with van der Waals surface area (Å²) in [5.41, 5.74) is 1.89. The number of nitrogens with zero attached hydrogens (tertiary/aromatic N) is 2. The second-order valence-corrected chi connectivity index (χ2v) is 10.5. The molecule has 0 unspecified atom stereocenters. The Morgan fingerprint density at radius 2 is 1.68 bits per heavy atom. The molecule has 0 spiro atoms. The van der Waals surface area contributed by atoms with Gasteiger partial charge in [0, 0.05) is 25.3 Å². The number of esters is 1. The third-order valence-electron chi connectivity index (χ3n) is 6.33. The molecule has 8 nitrogen and oxygen atoms in total. The highest BCUT2D eigenvalue weighted by Crippen LogP contribution is 2.28. The van der Waals surface area contributed by atoms with Gasteiger partial charge in [-0.15, -0.1) is 0 Å². The topological polar surface area (TPSA) is 93.2 Å². The number of para-hydroxylation sites is 1. The van der Waals surface area contributed by atoms with Gasteiger partial charge >= 0.3 is 5.97 Å². The maximum absolute atomic E-state index is 13.2. The van der Waals surface area contributed by atoms with Crippen molar-refractivity contribution in [2.24, 2.45) is 0 Å². The van der Waals surface area contributed by atoms with Gasteiger partial charge in [0.05, 0.1) is 12.0 Å². The van der Waals surface area contributed by atoms with Gasteiger partial charge in [0.1, 0.15) is 11.3 Å². The zero-order valence-corrected chi connectivity index (χ0v) is 20.2. The van der Waals surface area contributed by atoms with Crippen LogP contribution in [0.3, 0.4) is 0 Å². The molecule has 1 fully saturated rings. The van der Waals surface area contributed by atoms with Gasteiger partial charge in [-0.3, -0.25) is 4.79 Å². The lowest BCUT2D eigenvalue weighted by molar-refractivity contribution is -0.121. The number of methoxy groups -OCH3 is 1. The molecule has 2 aliphatic heterocycles. The van der Waals surface area contributed by atoms with E-state index >= 15 is 0 Å². The Kier molecular flexibility index (Phi) is 7.53. The summed E-state index contributed by atoms with van der Waals surface area (Å²) in [5.74, 6) is -0.938. The summed E-state index contributed by atoms with van der Waals surface area (Å²) in [6.45, 7) is 1.03. The molecular weight excluding hydrogens is 456 g/mol. The predicted octanol–water partition coefficient (Wildman–Crippen LogP) is 3.40. The maximum Gasteiger partial charge on any atom is 0.342 e. The Balaban J connectivity index is 1.50. The quantitative estimate of drug-likeness (QED) is 0.581. The summed E-state index contributed by atoms with van der Waals surface area (Å²) in [4.78, 5) is 27.4. The number of rotatable bonds is 6. The molecule has 0 radical (unpaired) electrons. The third-order valence-corrected chi connectivity index (χ3v) is 8.23. The average Bonchev–Trinajstić information content (AvgIpc) is 3.16. The molecule has 2 aromatic rings. The van der Waals surface area contributed by atoms with Crippen molar-refractivity contribution in [3.63, 3.8) is 0 Å². The Morgan fingerprint density at radius 1 is 0.941 bits per heavy atom. The van der Waals surface area contributed by atoms with Crippen LogP contribution in [0.15, 0.2) is 47.4 Å². The smallest absolute Gasteiger partial charge is 0.342 e. The summed E-state index contributed by atoms with van der Waals surface area (Å²) in [6.07, 6.45) is 5.36. The number of benzene rings is 2. The van der Waals surface area contributed by atoms with Gasteiger partial charge in [-0.2, -0.15) is 4.31 Å². The van der Waals surface area contributed by atoms with Crippen LogP contribution in [-0.4, -0.2) is 58.0 Å². The molecule has 34 heavy (non-hydrogen) atoms. The van der Waals surface area contributed by atoms with Crippen LogP contribution in [0.2, 0.25) is 0 Å². The maximum atomic E-state index is 13.2. The molecule has 1 saturated heterocycles. The summed E-state index contributed by atoms with van der Waals surface area (Å²) in [5, 5.41) is 0. The second-order valence-electron chi connectivity index (χ2n) is 8.53. The molecule has 0 aromatic heterocycles. The van der Waals surface area contributed by atoms with Crippen LogP contribution in [-0.2, 0) is 26.0 Å². The van der Waals surface area contributed by atoms with E-state index < -0.39 is 22.6 Å². The van der Waals surface area contributed by atoms with Crippen molar-refractivity contribution in [2.45, 2.75) is 43.4 Å². The fourth-order valence-corrected chi connectivity index (χ4v) is 6.06. The molecule has 1 amide bonds. The fourth-order valence-electron chi connectivity index (χ4n) is 4.51. The van der Waals surface area contributed by atoms with Crippen molar-refractivity contribution in [1.82, 2.24) is 4.31 Å². The van der Waals surface area contributed by atoms with Gasteiger partial charge in [0.15, 0.2) is 6.61 Å². The number of hydrogen-bond donors (Lipinski definition) is 0. The first kappa shape index (κ1) is 24.2. The SMILES string of the molecule is COc1ccc(S(=O)(=O)N2CCCCCC2)cc1C(=O)OCC(=O)N1CCCc2ccccc21. The van der Waals surface area contributed by atoms with Crippen LogP contribution in [0.1, 0.15) is 48.0 Å². The van der Waals surface area contributed by atoms with Crippen molar-refractivity contribution >= 4 is 27.6 Å². The molecular formula is C25H30N2O6S. The monoisotopic (exact) mass is 486 g/mol. The van der Waals surface area contributed by atoms with Crippen LogP contribution >= 0.6 is 0 Å². The number of anilines is 1. The minimum atomic E-state index is -3.75. The van der Waals surface area contributed by atoms with Crippen LogP contribution in [0.25, 0.3) is 0 Å². The molecule has 182 valence electrons. The molecule has 0 aliphatic carbocycles. The van der Waals surface area contributed by atoms with Crippen LogP contribution in [0, 0.1) is 0 Å². The zero-order valence-electron chi connectivity index (χ0n) is 19.4. The Hall–Kier alpha value is -2.91. The lowest BCUT2D eigenvalue weighted by atomic mass is 10.0. The van der Waals surface area contributed by atoms with E-state index in [1.54, 1.807) is 4.90 Å². The Morgan fingerprint density at radius 3 is 2.41 bits per heavy atom. The summed E-state index contributed by atoms with van der Waals surface area (Å²) in [7, 11) is -2.36. The number of carbonyl (C=O) groups is 2. The van der Waals surface area contributed by atoms with Crippen molar-refractivity contribution < 1.29 is 27.5 Å². The van der Waals surface area contributed by atoms with Crippen molar-refractivity contribution in [2.75, 3.05) is 38.3 Å². The van der Waals surface area contributed by atoms with Gasteiger partial charge in [-0.05, 0) is 55.5 Å². The number of aryl methyl sites for hydroxylation is 1. The molecule has 9 heteroatoms. The number of ether oxygens (including phenoxy) is 2. The Labute approximate surface area is 200 Å². The average molecular weight is 487 g/mol. The second kappa shape index (κ2) is 10.6. The van der Waals surface area contributed by atoms with Gasteiger partial charge in [-0.1, -0.05) is 31.0 Å². The summed E-state index contributed by atoms with van der Waals surface area (Å²) >= 11 is 0. The minimum absolute atomic E-state index is 0.0124. The highest BCUT2D eigenvalue weighted by molar-refractivity contribution is 7.89. The molecule has 4 rings (SSSR count). The van der Waals surface area contributed by atoms with E-state index in [0.29, 0.717) is 19.6 Å². The van der Waals surface area contributed by atoms with E-state index in [1.807, 2.05) is 24.3 Å². The van der Waals surface area contributed by atoms with Crippen LogP contribution < -0.4 is 9.64 Å². The minimum Gasteiger partial charge on any atom is -0.496 e. The standard InChI is InChI=1S/C25H30N2O6S/c1-32-23-13-12-20(34(30,31)26-14-6-2-3-7-15-26)17-21(23)25(29)33-18-24(28)27-16-8-10-19-9-4-5-11-22(19)27/h4-5,9,11-13,17H,2-3,6-8,10,14-16,18H2,1H3. The fraction of sp³-hybridized carbons (Fsp3) is 0.440. The first-order valence-corrected chi connectivity index (χ1v) is 13.1. The molecule has 0 bridgehead atoms. The first-order valence-electron chi connectivity index (χ1n) is 11.7. The molecule has 0 saturated carbocycles. The van der Waals surface area contributed by atoms with Crippen LogP contribution in [0.4, 0.5) is 5.69 Å². The number of amides is 1. The highest BCUT2D eigenvalue weighted by Gasteiger charge is 2.28. The van der Waals surface area contributed by atoms with E-state index in [-0.39, 0.29) is 22.1 Å². The van der Waals surface area contributed by atoms with E-state index in [2.05, 4.69) is 0 Å². The van der Waals surface area contributed by atoms with Gasteiger partial charge in [0.2, 0.25) is 10.0 Å². The van der Waals surface area contributed by atoms with Gasteiger partial charge < -0.3 is 14.4 Å². The predicted molar refractivity (Wildman–Crippen MR) is 128 cm³/mol. The van der Waals surface area contributed by atoms with E-state index in [9.17, 15) is 18.0 Å². The van der Waals surface area contributed by atoms with Gasteiger partial charge in [0.25, 0.3) is 5.91 Å². The number of carbonyl (C=O) groups excluding carboxylic acids is 2. The summed E-state index contributed by atoms with van der Waals surface area (Å²) < 4.78 is 38.4. The molecule has 2 heterocycles. The molecule has 0 atom stereocenters. The summed E-state index contributed by atoms with van der Waals surface area (Å²) in [6, 6.07) is 11.8. The molecule has 0 N–H and O–H groups in total. The number of hydrogen-bond acceptors (Lipinski definition) is 6. The Bertz CT molecular complexity index is 1160. The van der Waals surface area contributed by atoms with Gasteiger partial charge in [-0.25, -0.2) is 13.2 Å². The van der Waals surface area contributed by atoms with E-state index in [4.69, 9.17) is 9.47 Å². The first-order chi connectivity index (χ1) is 16.4. The third kappa shape index (κ3) is 5.10. The normalized spacial score (nSPS) is 16.9. The van der Waals surface area contributed by atoms with Crippen molar-refractivity contribution in [3.05, 3.63) is 53.6 Å². The lowest BCUT2D eigenvalue weighted by Crippen LogP contribution is -2.38.